The van der Waals surface area contributed by atoms with E-state index >= 15 is 0 Å². The number of hydrogen-bond donors (Lipinski definition) is 2. The monoisotopic (exact) mass is 354 g/mol. The lowest BCUT2D eigenvalue weighted by atomic mass is 10.1. The lowest BCUT2D eigenvalue weighted by Crippen LogP contribution is -2.38. The van der Waals surface area contributed by atoms with E-state index in [1.807, 2.05) is 0 Å². The highest BCUT2D eigenvalue weighted by Crippen LogP contribution is 2.11. The lowest BCUT2D eigenvalue weighted by molar-refractivity contribution is -0.133. The molecule has 1 atom stereocenters. The molecular weight excluding hydrogens is 336 g/mol. The fraction of sp³-hybridized carbons (Fsp3) is 0.500. The minimum absolute atomic E-state index is 0.0201. The molecule has 1 aromatic rings. The van der Waals surface area contributed by atoms with Crippen molar-refractivity contribution in [2.24, 2.45) is 0 Å². The fourth-order valence-corrected chi connectivity index (χ4v) is 2.47. The van der Waals surface area contributed by atoms with Crippen LogP contribution in [0.1, 0.15) is 19.3 Å². The largest absolute Gasteiger partial charge is 0.336 e. The van der Waals surface area contributed by atoms with Gasteiger partial charge in [0.25, 0.3) is 0 Å². The van der Waals surface area contributed by atoms with Crippen LogP contribution in [0.5, 0.6) is 0 Å². The van der Waals surface area contributed by atoms with Crippen LogP contribution in [-0.4, -0.2) is 47.9 Å². The third-order valence-electron chi connectivity index (χ3n) is 3.38. The van der Waals surface area contributed by atoms with Gasteiger partial charge in [-0.05, 0) is 47.4 Å². The van der Waals surface area contributed by atoms with E-state index < -0.39 is 0 Å². The van der Waals surface area contributed by atoms with Crippen molar-refractivity contribution < 1.29 is 9.59 Å². The molecule has 1 fully saturated rings. The van der Waals surface area contributed by atoms with Crippen LogP contribution >= 0.6 is 15.9 Å². The molecule has 1 unspecified atom stereocenters. The molecule has 7 heteroatoms. The molecule has 0 aliphatic carbocycles. The lowest BCUT2D eigenvalue weighted by Gasteiger charge is -2.19. The van der Waals surface area contributed by atoms with Gasteiger partial charge in [0.05, 0.1) is 6.54 Å². The first kappa shape index (κ1) is 15.9. The Kier molecular flexibility index (Phi) is 5.69. The smallest absolute Gasteiger partial charge is 0.245 e. The molecular formula is C14H19BrN4O2. The minimum atomic E-state index is -0.250. The van der Waals surface area contributed by atoms with Gasteiger partial charge in [-0.15, -0.1) is 0 Å². The van der Waals surface area contributed by atoms with Crippen LogP contribution in [0.4, 0.5) is 5.82 Å². The minimum Gasteiger partial charge on any atom is -0.336 e. The van der Waals surface area contributed by atoms with Crippen molar-refractivity contribution in [2.75, 3.05) is 25.5 Å². The molecule has 2 N–H and O–H groups in total. The molecule has 1 aliphatic heterocycles. The van der Waals surface area contributed by atoms with Gasteiger partial charge in [-0.25, -0.2) is 4.98 Å². The number of halogens is 1. The van der Waals surface area contributed by atoms with Gasteiger partial charge < -0.3 is 15.5 Å². The molecule has 0 bridgehead atoms. The van der Waals surface area contributed by atoms with Crippen molar-refractivity contribution >= 4 is 33.6 Å². The molecule has 21 heavy (non-hydrogen) atoms. The van der Waals surface area contributed by atoms with Gasteiger partial charge in [0, 0.05) is 30.2 Å². The number of nitrogens with one attached hydrogen (secondary N) is 2. The van der Waals surface area contributed by atoms with E-state index in [9.17, 15) is 9.59 Å². The van der Waals surface area contributed by atoms with Crippen LogP contribution in [0.25, 0.3) is 0 Å². The van der Waals surface area contributed by atoms with E-state index in [0.717, 1.165) is 23.9 Å². The van der Waals surface area contributed by atoms with Gasteiger partial charge in [-0.2, -0.15) is 0 Å². The number of amides is 2. The van der Waals surface area contributed by atoms with Gasteiger partial charge in [0.1, 0.15) is 5.82 Å². The maximum Gasteiger partial charge on any atom is 0.245 e. The molecule has 0 radical (unpaired) electrons. The number of rotatable bonds is 5. The van der Waals surface area contributed by atoms with Crippen LogP contribution in [0, 0.1) is 0 Å². The van der Waals surface area contributed by atoms with Crippen LogP contribution in [-0.2, 0) is 9.59 Å². The number of anilines is 1. The highest BCUT2D eigenvalue weighted by molar-refractivity contribution is 9.10. The number of aromatic nitrogens is 1. The summed E-state index contributed by atoms with van der Waals surface area (Å²) in [5, 5.41) is 5.95. The molecule has 114 valence electrons. The summed E-state index contributed by atoms with van der Waals surface area (Å²) in [6.45, 7) is 1.00. The Bertz CT molecular complexity index is 500. The molecule has 2 heterocycles. The number of pyridine rings is 1. The number of nitrogens with zero attached hydrogens (tertiary/aromatic N) is 2. The number of likely N-dealkylation sites (N-methyl/N-ethyl adjacent to an activating group) is 1. The Morgan fingerprint density at radius 2 is 2.33 bits per heavy atom. The Labute approximate surface area is 132 Å². The van der Waals surface area contributed by atoms with Crippen LogP contribution < -0.4 is 10.6 Å². The number of hydrogen-bond acceptors (Lipinski definition) is 4. The van der Waals surface area contributed by atoms with Gasteiger partial charge in [-0.1, -0.05) is 0 Å². The predicted molar refractivity (Wildman–Crippen MR) is 83.8 cm³/mol. The highest BCUT2D eigenvalue weighted by atomic mass is 79.9. The number of carbonyl (C=O) groups excluding carboxylic acids is 2. The summed E-state index contributed by atoms with van der Waals surface area (Å²) >= 11 is 3.28. The molecule has 1 aliphatic rings. The van der Waals surface area contributed by atoms with E-state index in [2.05, 4.69) is 31.5 Å². The molecule has 1 saturated heterocycles. The molecule has 0 spiro atoms. The Morgan fingerprint density at radius 1 is 1.52 bits per heavy atom. The molecule has 0 saturated carbocycles. The van der Waals surface area contributed by atoms with E-state index in [0.29, 0.717) is 12.2 Å². The average molecular weight is 355 g/mol. The summed E-state index contributed by atoms with van der Waals surface area (Å²) < 4.78 is 0.844. The summed E-state index contributed by atoms with van der Waals surface area (Å²) in [5.74, 6) is 0.204. The van der Waals surface area contributed by atoms with E-state index in [4.69, 9.17) is 0 Å². The zero-order valence-corrected chi connectivity index (χ0v) is 13.5. The second kappa shape index (κ2) is 7.51. The summed E-state index contributed by atoms with van der Waals surface area (Å²) in [6.07, 6.45) is 4.18. The van der Waals surface area contributed by atoms with E-state index in [-0.39, 0.29) is 24.4 Å². The SMILES string of the molecule is CN(CC(=O)Nc1ccc(Br)cn1)C(=O)CC1CCCN1. The van der Waals surface area contributed by atoms with Gasteiger partial charge in [0.15, 0.2) is 0 Å². The fourth-order valence-electron chi connectivity index (χ4n) is 2.23. The van der Waals surface area contributed by atoms with Gasteiger partial charge in [0.2, 0.25) is 11.8 Å². The third kappa shape index (κ3) is 5.09. The summed E-state index contributed by atoms with van der Waals surface area (Å²) in [7, 11) is 1.64. The Morgan fingerprint density at radius 3 is 2.95 bits per heavy atom. The summed E-state index contributed by atoms with van der Waals surface area (Å²) in [5.41, 5.74) is 0. The summed E-state index contributed by atoms with van der Waals surface area (Å²) in [4.78, 5) is 29.4. The molecule has 2 rings (SSSR count). The van der Waals surface area contributed by atoms with Crippen molar-refractivity contribution in [1.29, 1.82) is 0 Å². The zero-order valence-electron chi connectivity index (χ0n) is 11.9. The second-order valence-corrected chi connectivity index (χ2v) is 6.07. The normalized spacial score (nSPS) is 17.5. The van der Waals surface area contributed by atoms with Crippen LogP contribution in [0.2, 0.25) is 0 Å². The van der Waals surface area contributed by atoms with E-state index in [1.165, 1.54) is 4.90 Å². The second-order valence-electron chi connectivity index (χ2n) is 5.16. The van der Waals surface area contributed by atoms with Crippen molar-refractivity contribution in [1.82, 2.24) is 15.2 Å². The average Bonchev–Trinajstić information content (AvgIpc) is 2.94. The maximum atomic E-state index is 12.0. The molecule has 1 aromatic heterocycles. The van der Waals surface area contributed by atoms with Crippen molar-refractivity contribution in [3.63, 3.8) is 0 Å². The topological polar surface area (TPSA) is 74.3 Å². The first-order chi connectivity index (χ1) is 10.0. The first-order valence-corrected chi connectivity index (χ1v) is 7.72. The Hall–Kier alpha value is -1.47. The van der Waals surface area contributed by atoms with Gasteiger partial charge >= 0.3 is 0 Å². The van der Waals surface area contributed by atoms with Gasteiger partial charge in [-0.3, -0.25) is 9.59 Å². The number of carbonyl (C=O) groups is 2. The zero-order chi connectivity index (χ0) is 15.2. The van der Waals surface area contributed by atoms with E-state index in [1.54, 1.807) is 25.4 Å². The predicted octanol–water partition coefficient (Wildman–Crippen LogP) is 1.38. The standard InChI is InChI=1S/C14H19BrN4O2/c1-19(14(21)7-11-3-2-6-16-11)9-13(20)18-12-5-4-10(15)8-17-12/h4-5,8,11,16H,2-3,6-7,9H2,1H3,(H,17,18,20). The van der Waals surface area contributed by atoms with Crippen molar-refractivity contribution in [2.45, 2.75) is 25.3 Å². The Balaban J connectivity index is 1.78. The maximum absolute atomic E-state index is 12.0. The van der Waals surface area contributed by atoms with Crippen molar-refractivity contribution in [3.05, 3.63) is 22.8 Å². The quantitative estimate of drug-likeness (QED) is 0.837. The van der Waals surface area contributed by atoms with Crippen LogP contribution in [0.3, 0.4) is 0 Å². The highest BCUT2D eigenvalue weighted by Gasteiger charge is 2.21. The van der Waals surface area contributed by atoms with Crippen molar-refractivity contribution in [3.8, 4) is 0 Å². The summed E-state index contributed by atoms with van der Waals surface area (Å²) in [6, 6.07) is 3.74. The molecule has 0 aromatic carbocycles. The first-order valence-electron chi connectivity index (χ1n) is 6.93. The van der Waals surface area contributed by atoms with Crippen LogP contribution in [0.15, 0.2) is 22.8 Å². The molecule has 2 amide bonds. The molecule has 6 nitrogen and oxygen atoms in total. The third-order valence-corrected chi connectivity index (χ3v) is 3.85.